The number of carbonyl (C=O) groups is 1. The number of thioether (sulfide) groups is 1. The largest absolute Gasteiger partial charge is 0.286 e. The van der Waals surface area contributed by atoms with Gasteiger partial charge in [-0.2, -0.15) is 4.31 Å². The number of amides is 1. The highest BCUT2D eigenvalue weighted by Crippen LogP contribution is 2.24. The summed E-state index contributed by atoms with van der Waals surface area (Å²) in [6.45, 7) is 2.01. The second-order valence-electron chi connectivity index (χ2n) is 7.82. The van der Waals surface area contributed by atoms with Crippen LogP contribution in [0.2, 0.25) is 0 Å². The molecule has 0 N–H and O–H groups in total. The average molecular weight is 489 g/mol. The summed E-state index contributed by atoms with van der Waals surface area (Å²) in [5.41, 5.74) is 1.32. The van der Waals surface area contributed by atoms with E-state index in [1.165, 1.54) is 40.3 Å². The van der Waals surface area contributed by atoms with Gasteiger partial charge in [-0.05, 0) is 42.7 Å². The molecule has 1 saturated heterocycles. The molecule has 0 spiro atoms. The minimum atomic E-state index is -3.54. The van der Waals surface area contributed by atoms with Gasteiger partial charge in [0.1, 0.15) is 0 Å². The standard InChI is InChI=1S/C22H24N4O5S2/c27-21(18-6-10-20(11-7-18)33(30,31)24-13-2-1-3-14-24)25-15-12-23-22(25)32-16-17-4-8-19(9-5-17)26(28)29/h4-11H,1-3,12-16H2. The number of nitrogens with zero attached hydrogens (tertiary/aromatic N) is 4. The quantitative estimate of drug-likeness (QED) is 0.454. The van der Waals surface area contributed by atoms with Crippen LogP contribution in [0.1, 0.15) is 35.2 Å². The molecule has 0 unspecified atom stereocenters. The van der Waals surface area contributed by atoms with Gasteiger partial charge in [0.05, 0.1) is 16.4 Å². The van der Waals surface area contributed by atoms with Crippen molar-refractivity contribution in [1.82, 2.24) is 9.21 Å². The molecule has 1 fully saturated rings. The van der Waals surface area contributed by atoms with Crippen molar-refractivity contribution in [2.24, 2.45) is 4.99 Å². The van der Waals surface area contributed by atoms with Crippen LogP contribution in [0, 0.1) is 10.1 Å². The van der Waals surface area contributed by atoms with Crippen molar-refractivity contribution in [3.63, 3.8) is 0 Å². The number of amidine groups is 1. The number of carbonyl (C=O) groups excluding carboxylic acids is 1. The summed E-state index contributed by atoms with van der Waals surface area (Å²) in [5, 5.41) is 11.4. The molecule has 0 aromatic heterocycles. The summed E-state index contributed by atoms with van der Waals surface area (Å²) in [4.78, 5) is 29.6. The van der Waals surface area contributed by atoms with Gasteiger partial charge in [0.25, 0.3) is 11.6 Å². The molecular weight excluding hydrogens is 464 g/mol. The Bertz CT molecular complexity index is 1160. The van der Waals surface area contributed by atoms with Gasteiger partial charge in [0.15, 0.2) is 5.17 Å². The zero-order chi connectivity index (χ0) is 23.4. The number of sulfonamides is 1. The molecule has 0 aliphatic carbocycles. The lowest BCUT2D eigenvalue weighted by Crippen LogP contribution is -2.35. The van der Waals surface area contributed by atoms with Crippen LogP contribution in [0.5, 0.6) is 0 Å². The Kier molecular flexibility index (Phi) is 7.11. The van der Waals surface area contributed by atoms with Crippen molar-refractivity contribution in [1.29, 1.82) is 0 Å². The summed E-state index contributed by atoms with van der Waals surface area (Å²) >= 11 is 1.39. The predicted molar refractivity (Wildman–Crippen MR) is 127 cm³/mol. The van der Waals surface area contributed by atoms with Crippen LogP contribution in [0.3, 0.4) is 0 Å². The normalized spacial score (nSPS) is 17.1. The third-order valence-electron chi connectivity index (χ3n) is 5.62. The van der Waals surface area contributed by atoms with E-state index in [4.69, 9.17) is 0 Å². The molecule has 0 saturated carbocycles. The molecule has 1 amide bonds. The minimum absolute atomic E-state index is 0.0320. The second kappa shape index (κ2) is 10.0. The van der Waals surface area contributed by atoms with E-state index in [-0.39, 0.29) is 16.5 Å². The molecule has 0 atom stereocenters. The lowest BCUT2D eigenvalue weighted by atomic mass is 10.2. The molecule has 174 valence electrons. The molecule has 33 heavy (non-hydrogen) atoms. The fraction of sp³-hybridized carbons (Fsp3) is 0.364. The number of benzene rings is 2. The van der Waals surface area contributed by atoms with E-state index in [1.807, 2.05) is 0 Å². The van der Waals surface area contributed by atoms with Gasteiger partial charge in [-0.25, -0.2) is 8.42 Å². The molecule has 2 aromatic rings. The van der Waals surface area contributed by atoms with Crippen molar-refractivity contribution in [3.8, 4) is 0 Å². The Labute approximate surface area is 196 Å². The van der Waals surface area contributed by atoms with E-state index in [0.717, 1.165) is 24.8 Å². The van der Waals surface area contributed by atoms with Crippen LogP contribution in [-0.4, -0.2) is 59.8 Å². The molecule has 2 aliphatic heterocycles. The van der Waals surface area contributed by atoms with Crippen LogP contribution in [-0.2, 0) is 15.8 Å². The fourth-order valence-electron chi connectivity index (χ4n) is 3.78. The van der Waals surface area contributed by atoms with E-state index < -0.39 is 14.9 Å². The summed E-state index contributed by atoms with van der Waals surface area (Å²) < 4.78 is 27.2. The molecule has 11 heteroatoms. The molecule has 9 nitrogen and oxygen atoms in total. The summed E-state index contributed by atoms with van der Waals surface area (Å²) in [6, 6.07) is 12.4. The maximum absolute atomic E-state index is 13.0. The fourth-order valence-corrected chi connectivity index (χ4v) is 6.30. The van der Waals surface area contributed by atoms with Gasteiger partial charge in [0, 0.05) is 43.1 Å². The smallest absolute Gasteiger partial charge is 0.269 e. The Hall–Kier alpha value is -2.76. The molecular formula is C22H24N4O5S2. The topological polar surface area (TPSA) is 113 Å². The number of piperidine rings is 1. The highest BCUT2D eigenvalue weighted by atomic mass is 32.2. The maximum atomic E-state index is 13.0. The van der Waals surface area contributed by atoms with Gasteiger partial charge in [-0.1, -0.05) is 30.3 Å². The van der Waals surface area contributed by atoms with Crippen molar-refractivity contribution >= 4 is 38.5 Å². The minimum Gasteiger partial charge on any atom is -0.286 e. The third kappa shape index (κ3) is 5.26. The Morgan fingerprint density at radius 1 is 1.00 bits per heavy atom. The van der Waals surface area contributed by atoms with Gasteiger partial charge >= 0.3 is 0 Å². The lowest BCUT2D eigenvalue weighted by molar-refractivity contribution is -0.384. The van der Waals surface area contributed by atoms with E-state index >= 15 is 0 Å². The number of non-ortho nitro benzene ring substituents is 1. The Morgan fingerprint density at radius 3 is 2.30 bits per heavy atom. The van der Waals surface area contributed by atoms with E-state index in [9.17, 15) is 23.3 Å². The summed E-state index contributed by atoms with van der Waals surface area (Å²) in [7, 11) is -3.54. The summed E-state index contributed by atoms with van der Waals surface area (Å²) in [5.74, 6) is 0.289. The number of rotatable bonds is 6. The van der Waals surface area contributed by atoms with Crippen molar-refractivity contribution < 1.29 is 18.1 Å². The zero-order valence-electron chi connectivity index (χ0n) is 17.9. The molecule has 2 heterocycles. The van der Waals surface area contributed by atoms with Crippen molar-refractivity contribution in [2.45, 2.75) is 29.9 Å². The van der Waals surface area contributed by atoms with Crippen molar-refractivity contribution in [2.75, 3.05) is 26.2 Å². The molecule has 4 rings (SSSR count). The van der Waals surface area contributed by atoms with Gasteiger partial charge in [0.2, 0.25) is 10.0 Å². The summed E-state index contributed by atoms with van der Waals surface area (Å²) in [6.07, 6.45) is 2.77. The van der Waals surface area contributed by atoms with Crippen LogP contribution in [0.25, 0.3) is 0 Å². The first kappa shape index (κ1) is 23.4. The lowest BCUT2D eigenvalue weighted by Gasteiger charge is -2.26. The van der Waals surface area contributed by atoms with Gasteiger partial charge in [-0.3, -0.25) is 24.8 Å². The number of hydrogen-bond donors (Lipinski definition) is 0. The first-order valence-electron chi connectivity index (χ1n) is 10.7. The van der Waals surface area contributed by atoms with Crippen LogP contribution >= 0.6 is 11.8 Å². The first-order valence-corrected chi connectivity index (χ1v) is 13.1. The molecule has 2 aromatic carbocycles. The molecule has 0 radical (unpaired) electrons. The number of nitro groups is 1. The van der Waals surface area contributed by atoms with E-state index in [2.05, 4.69) is 4.99 Å². The third-order valence-corrected chi connectivity index (χ3v) is 8.61. The van der Waals surface area contributed by atoms with E-state index in [0.29, 0.717) is 42.7 Å². The maximum Gasteiger partial charge on any atom is 0.269 e. The number of hydrogen-bond acceptors (Lipinski definition) is 7. The van der Waals surface area contributed by atoms with Crippen LogP contribution in [0.15, 0.2) is 58.4 Å². The number of aliphatic imine (C=N–C) groups is 1. The van der Waals surface area contributed by atoms with E-state index in [1.54, 1.807) is 29.2 Å². The SMILES string of the molecule is O=C(c1ccc(S(=O)(=O)N2CCCCC2)cc1)N1CCN=C1SCc1ccc([N+](=O)[O-])cc1. The highest BCUT2D eigenvalue weighted by molar-refractivity contribution is 8.13. The van der Waals surface area contributed by atoms with Crippen LogP contribution < -0.4 is 0 Å². The average Bonchev–Trinajstić information content (AvgIpc) is 3.32. The van der Waals surface area contributed by atoms with Gasteiger partial charge < -0.3 is 0 Å². The predicted octanol–water partition coefficient (Wildman–Crippen LogP) is 3.51. The zero-order valence-corrected chi connectivity index (χ0v) is 19.6. The van der Waals surface area contributed by atoms with Crippen molar-refractivity contribution in [3.05, 3.63) is 69.8 Å². The molecule has 0 bridgehead atoms. The highest BCUT2D eigenvalue weighted by Gasteiger charge is 2.28. The number of nitro benzene ring substituents is 1. The van der Waals surface area contributed by atoms with Crippen LogP contribution in [0.4, 0.5) is 5.69 Å². The monoisotopic (exact) mass is 488 g/mol. The Balaban J connectivity index is 1.40. The first-order chi connectivity index (χ1) is 15.9. The second-order valence-corrected chi connectivity index (χ2v) is 10.7. The Morgan fingerprint density at radius 2 is 1.67 bits per heavy atom. The van der Waals surface area contributed by atoms with Gasteiger partial charge in [-0.15, -0.1) is 0 Å². The molecule has 2 aliphatic rings.